The summed E-state index contributed by atoms with van der Waals surface area (Å²) < 4.78 is 4.95. The lowest BCUT2D eigenvalue weighted by atomic mass is 10.1. The van der Waals surface area contributed by atoms with Crippen LogP contribution in [0, 0.1) is 5.41 Å². The molecular weight excluding hydrogens is 220 g/mol. The predicted molar refractivity (Wildman–Crippen MR) is 66.2 cm³/mol. The van der Waals surface area contributed by atoms with E-state index in [4.69, 9.17) is 15.9 Å². The van der Waals surface area contributed by atoms with Gasteiger partial charge in [0.1, 0.15) is 5.84 Å². The predicted octanol–water partition coefficient (Wildman–Crippen LogP) is 0.475. The number of carbonyl (C=O) groups excluding carboxylic acids is 1. The van der Waals surface area contributed by atoms with Gasteiger partial charge in [0.15, 0.2) is 0 Å². The summed E-state index contributed by atoms with van der Waals surface area (Å²) in [7, 11) is 0. The Kier molecular flexibility index (Phi) is 5.21. The number of hydrogen-bond acceptors (Lipinski definition) is 4. The molecule has 0 aromatic carbocycles. The highest BCUT2D eigenvalue weighted by molar-refractivity contribution is 5.82. The van der Waals surface area contributed by atoms with Crippen LogP contribution < -0.4 is 5.73 Å². The van der Waals surface area contributed by atoms with Gasteiger partial charge in [-0.05, 0) is 13.3 Å². The topological polar surface area (TPSA) is 82.7 Å². The van der Waals surface area contributed by atoms with Gasteiger partial charge in [-0.25, -0.2) is 4.79 Å². The molecule has 1 heterocycles. The second-order valence-corrected chi connectivity index (χ2v) is 4.10. The Hall–Kier alpha value is -1.30. The van der Waals surface area contributed by atoms with Crippen LogP contribution in [-0.2, 0) is 4.74 Å². The second kappa shape index (κ2) is 6.44. The molecule has 6 heteroatoms. The van der Waals surface area contributed by atoms with Gasteiger partial charge in [0.25, 0.3) is 0 Å². The summed E-state index contributed by atoms with van der Waals surface area (Å²) in [5, 5.41) is 7.52. The van der Waals surface area contributed by atoms with E-state index in [9.17, 15) is 4.79 Å². The number of amides is 1. The molecule has 1 atom stereocenters. The van der Waals surface area contributed by atoms with E-state index in [2.05, 4.69) is 4.90 Å². The van der Waals surface area contributed by atoms with Crippen LogP contribution in [0.2, 0.25) is 0 Å². The zero-order chi connectivity index (χ0) is 12.8. The molecule has 1 aliphatic heterocycles. The van der Waals surface area contributed by atoms with Crippen molar-refractivity contribution in [1.29, 1.82) is 5.41 Å². The number of ether oxygens (including phenoxy) is 1. The van der Waals surface area contributed by atoms with E-state index >= 15 is 0 Å². The van der Waals surface area contributed by atoms with Gasteiger partial charge in [-0.1, -0.05) is 6.92 Å². The van der Waals surface area contributed by atoms with Gasteiger partial charge in [-0.3, -0.25) is 10.3 Å². The molecule has 17 heavy (non-hydrogen) atoms. The first-order valence-electron chi connectivity index (χ1n) is 6.09. The summed E-state index contributed by atoms with van der Waals surface area (Å²) in [6, 6.07) is -0.000606. The van der Waals surface area contributed by atoms with Crippen molar-refractivity contribution in [1.82, 2.24) is 9.80 Å². The van der Waals surface area contributed by atoms with Crippen LogP contribution in [-0.4, -0.2) is 60.6 Å². The number of nitrogens with zero attached hydrogens (tertiary/aromatic N) is 2. The maximum Gasteiger partial charge on any atom is 0.409 e. The summed E-state index contributed by atoms with van der Waals surface area (Å²) in [4.78, 5) is 15.3. The summed E-state index contributed by atoms with van der Waals surface area (Å²) >= 11 is 0. The van der Waals surface area contributed by atoms with Crippen molar-refractivity contribution in [2.75, 3.05) is 32.8 Å². The first kappa shape index (κ1) is 13.8. The Morgan fingerprint density at radius 2 is 1.94 bits per heavy atom. The third kappa shape index (κ3) is 3.59. The quantitative estimate of drug-likeness (QED) is 0.554. The summed E-state index contributed by atoms with van der Waals surface area (Å²) in [6.07, 6.45) is 0.581. The molecule has 1 amide bonds. The third-order valence-corrected chi connectivity index (χ3v) is 3.03. The largest absolute Gasteiger partial charge is 0.450 e. The van der Waals surface area contributed by atoms with Gasteiger partial charge < -0.3 is 15.4 Å². The molecule has 1 aliphatic rings. The van der Waals surface area contributed by atoms with Crippen LogP contribution in [0.15, 0.2) is 0 Å². The number of nitrogens with one attached hydrogen (secondary N) is 1. The smallest absolute Gasteiger partial charge is 0.409 e. The van der Waals surface area contributed by atoms with Crippen LogP contribution in [0.1, 0.15) is 20.3 Å². The molecule has 0 bridgehead atoms. The molecule has 0 aliphatic carbocycles. The number of piperazine rings is 1. The fourth-order valence-electron chi connectivity index (χ4n) is 2.11. The Balaban J connectivity index is 2.44. The first-order chi connectivity index (χ1) is 8.10. The molecular formula is C11H22N4O2. The normalized spacial score (nSPS) is 18.8. The molecule has 6 nitrogen and oxygen atoms in total. The third-order valence-electron chi connectivity index (χ3n) is 3.03. The molecule has 0 aromatic heterocycles. The first-order valence-corrected chi connectivity index (χ1v) is 6.09. The molecule has 0 spiro atoms. The number of hydrogen-bond donors (Lipinski definition) is 2. The van der Waals surface area contributed by atoms with Crippen molar-refractivity contribution >= 4 is 11.9 Å². The maximum atomic E-state index is 11.5. The molecule has 1 rings (SSSR count). The minimum absolute atomic E-state index is 0.000606. The Morgan fingerprint density at radius 3 is 2.35 bits per heavy atom. The van der Waals surface area contributed by atoms with E-state index in [1.54, 1.807) is 11.8 Å². The number of carbonyl (C=O) groups is 1. The minimum atomic E-state index is -0.247. The molecule has 1 unspecified atom stereocenters. The van der Waals surface area contributed by atoms with Crippen LogP contribution in [0.4, 0.5) is 4.79 Å². The molecule has 0 aromatic rings. The molecule has 3 N–H and O–H groups in total. The number of amidine groups is 1. The lowest BCUT2D eigenvalue weighted by molar-refractivity contribution is 0.0740. The molecule has 98 valence electrons. The summed E-state index contributed by atoms with van der Waals surface area (Å²) in [5.41, 5.74) is 5.56. The van der Waals surface area contributed by atoms with Gasteiger partial charge in [0.2, 0.25) is 0 Å². The highest BCUT2D eigenvalue weighted by Crippen LogP contribution is 2.10. The van der Waals surface area contributed by atoms with Crippen molar-refractivity contribution in [3.05, 3.63) is 0 Å². The Morgan fingerprint density at radius 1 is 1.35 bits per heavy atom. The van der Waals surface area contributed by atoms with Crippen LogP contribution >= 0.6 is 0 Å². The van der Waals surface area contributed by atoms with E-state index in [1.165, 1.54) is 0 Å². The lowest BCUT2D eigenvalue weighted by Gasteiger charge is -2.37. The lowest BCUT2D eigenvalue weighted by Crippen LogP contribution is -2.55. The van der Waals surface area contributed by atoms with Gasteiger partial charge in [-0.15, -0.1) is 0 Å². The summed E-state index contributed by atoms with van der Waals surface area (Å²) in [5.74, 6) is 0.206. The Bertz CT molecular complexity index is 275. The minimum Gasteiger partial charge on any atom is -0.450 e. The zero-order valence-electron chi connectivity index (χ0n) is 10.6. The standard InChI is InChI=1S/C11H22N4O2/c1-3-9(10(12)13)14-5-7-15(8-6-14)11(16)17-4-2/h9H,3-8H2,1-2H3,(H3,12,13). The van der Waals surface area contributed by atoms with Gasteiger partial charge in [0.05, 0.1) is 12.6 Å². The summed E-state index contributed by atoms with van der Waals surface area (Å²) in [6.45, 7) is 7.00. The van der Waals surface area contributed by atoms with E-state index < -0.39 is 0 Å². The van der Waals surface area contributed by atoms with Crippen LogP contribution in [0.25, 0.3) is 0 Å². The maximum absolute atomic E-state index is 11.5. The van der Waals surface area contributed by atoms with E-state index in [1.807, 2.05) is 6.92 Å². The average Bonchev–Trinajstić information content (AvgIpc) is 2.30. The number of rotatable bonds is 4. The van der Waals surface area contributed by atoms with Gasteiger partial charge >= 0.3 is 6.09 Å². The van der Waals surface area contributed by atoms with Gasteiger partial charge in [0, 0.05) is 26.2 Å². The zero-order valence-corrected chi connectivity index (χ0v) is 10.6. The fourth-order valence-corrected chi connectivity index (χ4v) is 2.11. The Labute approximate surface area is 102 Å². The van der Waals surface area contributed by atoms with Crippen molar-refractivity contribution in [2.45, 2.75) is 26.3 Å². The number of nitrogens with two attached hydrogens (primary N) is 1. The highest BCUT2D eigenvalue weighted by Gasteiger charge is 2.26. The monoisotopic (exact) mass is 242 g/mol. The van der Waals surface area contributed by atoms with E-state index in [0.717, 1.165) is 19.5 Å². The average molecular weight is 242 g/mol. The van der Waals surface area contributed by atoms with Crippen LogP contribution in [0.3, 0.4) is 0 Å². The van der Waals surface area contributed by atoms with Crippen LogP contribution in [0.5, 0.6) is 0 Å². The van der Waals surface area contributed by atoms with Crippen molar-refractivity contribution in [3.8, 4) is 0 Å². The second-order valence-electron chi connectivity index (χ2n) is 4.10. The van der Waals surface area contributed by atoms with E-state index in [0.29, 0.717) is 19.7 Å². The van der Waals surface area contributed by atoms with Crippen molar-refractivity contribution in [2.24, 2.45) is 5.73 Å². The molecule has 0 radical (unpaired) electrons. The van der Waals surface area contributed by atoms with Crippen molar-refractivity contribution < 1.29 is 9.53 Å². The van der Waals surface area contributed by atoms with Gasteiger partial charge in [-0.2, -0.15) is 0 Å². The molecule has 1 saturated heterocycles. The van der Waals surface area contributed by atoms with E-state index in [-0.39, 0.29) is 18.0 Å². The molecule has 1 fully saturated rings. The fraction of sp³-hybridized carbons (Fsp3) is 0.818. The SMILES string of the molecule is CCOC(=O)N1CCN(C(CC)C(=N)N)CC1. The molecule has 0 saturated carbocycles. The highest BCUT2D eigenvalue weighted by atomic mass is 16.6. The van der Waals surface area contributed by atoms with Crippen molar-refractivity contribution in [3.63, 3.8) is 0 Å².